The molecule has 4 fully saturated rings. The van der Waals surface area contributed by atoms with Crippen molar-refractivity contribution >= 4 is 45.3 Å². The lowest BCUT2D eigenvalue weighted by molar-refractivity contribution is 0.0896. The Labute approximate surface area is 205 Å². The number of pyridine rings is 1. The van der Waals surface area contributed by atoms with Crippen molar-refractivity contribution in [3.8, 4) is 11.4 Å². The zero-order valence-electron chi connectivity index (χ0n) is 19.7. The highest BCUT2D eigenvalue weighted by atomic mass is 19.1. The third kappa shape index (κ3) is 2.71. The van der Waals surface area contributed by atoms with Gasteiger partial charge in [0, 0.05) is 27.9 Å². The topological polar surface area (TPSA) is 91.7 Å². The Bertz CT molecular complexity index is 1360. The summed E-state index contributed by atoms with van der Waals surface area (Å²) in [4.78, 5) is 19.8. The minimum absolute atomic E-state index is 0.139. The molecule has 4 radical (unpaired) electrons. The zero-order valence-corrected chi connectivity index (χ0v) is 19.7. The van der Waals surface area contributed by atoms with E-state index in [9.17, 15) is 9.11 Å². The van der Waals surface area contributed by atoms with E-state index in [0.29, 0.717) is 22.6 Å². The summed E-state index contributed by atoms with van der Waals surface area (Å²) in [5, 5.41) is 13.7. The third-order valence-electron chi connectivity index (χ3n) is 9.11. The first-order valence-electron chi connectivity index (χ1n) is 12.4. The van der Waals surface area contributed by atoms with Gasteiger partial charge in [-0.3, -0.25) is 14.8 Å². The standard InChI is InChI=1S/C23H25B3FN7O/c1-20(24)4-2-5-21(8-9-21)33(20)19(35)31-16-13-29-32-18(16)15-10-17-14(11-28-15)12-30-34(17)23(25)22(26(23)27)6-3-7-22/h10-13H,2-9H2,1H3,(H,29,32)(H,31,35). The summed E-state index contributed by atoms with van der Waals surface area (Å²) >= 11 is 0. The number of piperidine rings is 1. The van der Waals surface area contributed by atoms with Gasteiger partial charge in [-0.1, -0.05) is 26.2 Å². The van der Waals surface area contributed by atoms with E-state index in [4.69, 9.17) is 15.7 Å². The summed E-state index contributed by atoms with van der Waals surface area (Å²) < 4.78 is 16.6. The van der Waals surface area contributed by atoms with Gasteiger partial charge < -0.3 is 14.5 Å². The molecule has 4 aliphatic rings. The number of likely N-dealkylation sites (tertiary alicyclic amines) is 1. The van der Waals surface area contributed by atoms with E-state index in [2.05, 4.69) is 25.6 Å². The minimum Gasteiger partial charge on any atom is -0.334 e. The predicted molar refractivity (Wildman–Crippen MR) is 133 cm³/mol. The molecule has 2 aliphatic heterocycles. The van der Waals surface area contributed by atoms with E-state index in [0.717, 1.165) is 56.8 Å². The fourth-order valence-electron chi connectivity index (χ4n) is 6.78. The Morgan fingerprint density at radius 2 is 1.91 bits per heavy atom. The van der Waals surface area contributed by atoms with Gasteiger partial charge in [-0.05, 0) is 43.5 Å². The second-order valence-electron chi connectivity index (χ2n) is 11.2. The van der Waals surface area contributed by atoms with E-state index in [1.807, 2.05) is 17.9 Å². The number of hydrogen-bond donors (Lipinski definition) is 2. The van der Waals surface area contributed by atoms with Crippen LogP contribution in [-0.4, -0.2) is 69.6 Å². The highest BCUT2D eigenvalue weighted by Gasteiger charge is 2.81. The Balaban J connectivity index is 1.22. The molecule has 2 aliphatic carbocycles. The quantitative estimate of drug-likeness (QED) is 0.578. The van der Waals surface area contributed by atoms with E-state index in [1.54, 1.807) is 23.3 Å². The maximum absolute atomic E-state index is 15.0. The molecule has 8 nitrogen and oxygen atoms in total. The van der Waals surface area contributed by atoms with Crippen molar-refractivity contribution in [3.05, 3.63) is 24.7 Å². The predicted octanol–water partition coefficient (Wildman–Crippen LogP) is 3.52. The molecule has 2 saturated carbocycles. The molecule has 2 atom stereocenters. The molecule has 3 aromatic heterocycles. The second kappa shape index (κ2) is 6.71. The molecule has 3 aromatic rings. The van der Waals surface area contributed by atoms with Crippen molar-refractivity contribution in [2.45, 2.75) is 79.9 Å². The number of nitrogens with zero attached hydrogens (tertiary/aromatic N) is 5. The lowest BCUT2D eigenvalue weighted by atomic mass is 9.68. The van der Waals surface area contributed by atoms with Crippen molar-refractivity contribution in [2.75, 3.05) is 5.32 Å². The minimum atomic E-state index is -1.13. The smallest absolute Gasteiger partial charge is 0.334 e. The van der Waals surface area contributed by atoms with E-state index in [-0.39, 0.29) is 11.6 Å². The van der Waals surface area contributed by atoms with Gasteiger partial charge in [-0.2, -0.15) is 10.2 Å². The van der Waals surface area contributed by atoms with E-state index < -0.39 is 23.1 Å². The number of H-pyrrole nitrogens is 1. The zero-order chi connectivity index (χ0) is 24.2. The monoisotopic (exact) mass is 467 g/mol. The van der Waals surface area contributed by atoms with Crippen LogP contribution in [0.2, 0.25) is 5.31 Å². The lowest BCUT2D eigenvalue weighted by Gasteiger charge is -2.49. The van der Waals surface area contributed by atoms with Crippen LogP contribution in [0.3, 0.4) is 0 Å². The normalized spacial score (nSPS) is 30.0. The van der Waals surface area contributed by atoms with Crippen LogP contribution in [0.4, 0.5) is 14.8 Å². The third-order valence-corrected chi connectivity index (χ3v) is 9.11. The number of urea groups is 1. The molecule has 0 aromatic carbocycles. The molecule has 2 unspecified atom stereocenters. The number of carbonyl (C=O) groups is 1. The molecular weight excluding hydrogens is 442 g/mol. The van der Waals surface area contributed by atoms with Gasteiger partial charge >= 0.3 is 13.0 Å². The van der Waals surface area contributed by atoms with Gasteiger partial charge in [0.1, 0.15) is 13.5 Å². The van der Waals surface area contributed by atoms with Crippen molar-refractivity contribution < 1.29 is 9.11 Å². The van der Waals surface area contributed by atoms with Crippen LogP contribution in [0, 0.1) is 0 Å². The van der Waals surface area contributed by atoms with Crippen LogP contribution in [0.25, 0.3) is 22.3 Å². The number of hydrogen-bond acceptors (Lipinski definition) is 4. The number of anilines is 1. The van der Waals surface area contributed by atoms with Crippen LogP contribution in [-0.2, 0) is 5.34 Å². The molecule has 0 bridgehead atoms. The van der Waals surface area contributed by atoms with Gasteiger partial charge in [0.15, 0.2) is 0 Å². The highest BCUT2D eigenvalue weighted by molar-refractivity contribution is 6.81. The first-order valence-corrected chi connectivity index (χ1v) is 12.4. The largest absolute Gasteiger partial charge is 0.374 e. The maximum atomic E-state index is 15.0. The number of rotatable bonds is 3. The molecule has 7 rings (SSSR count). The van der Waals surface area contributed by atoms with Crippen LogP contribution in [0.5, 0.6) is 0 Å². The molecule has 2 spiro atoms. The van der Waals surface area contributed by atoms with Gasteiger partial charge in [-0.15, -0.1) is 0 Å². The van der Waals surface area contributed by atoms with Crippen molar-refractivity contribution in [1.29, 1.82) is 0 Å². The lowest BCUT2D eigenvalue weighted by Crippen LogP contribution is -2.60. The van der Waals surface area contributed by atoms with Gasteiger partial charge in [-0.25, -0.2) is 4.79 Å². The first kappa shape index (κ1) is 21.5. The summed E-state index contributed by atoms with van der Waals surface area (Å²) in [5.41, 5.74) is 1.50. The Morgan fingerprint density at radius 3 is 2.60 bits per heavy atom. The Hall–Kier alpha value is -2.78. The molecular formula is C23H25B3FN7O. The molecule has 35 heavy (non-hydrogen) atoms. The fourth-order valence-corrected chi connectivity index (χ4v) is 6.78. The second-order valence-corrected chi connectivity index (χ2v) is 11.2. The number of aromatic nitrogens is 5. The fraction of sp³-hybridized carbons (Fsp3) is 0.565. The summed E-state index contributed by atoms with van der Waals surface area (Å²) in [5.74, 6) is 0. The SMILES string of the molecule is [B]C1(C)CCCC2(CC2)N1C(=O)Nc1cn[nH]c1-c1cc2c(cn1)cnn2C1([B])B(F)C12CCC2. The number of nitrogens with one attached hydrogen (secondary N) is 2. The van der Waals surface area contributed by atoms with Gasteiger partial charge in [0.05, 0.1) is 37.1 Å². The number of halogens is 1. The summed E-state index contributed by atoms with van der Waals surface area (Å²) in [6.07, 6.45) is 12.2. The van der Waals surface area contributed by atoms with Gasteiger partial charge in [0.25, 0.3) is 0 Å². The molecule has 174 valence electrons. The first-order chi connectivity index (χ1) is 16.7. The Morgan fingerprint density at radius 1 is 1.14 bits per heavy atom. The number of carbonyl (C=O) groups excluding carboxylic acids is 1. The van der Waals surface area contributed by atoms with Crippen LogP contribution in [0.1, 0.15) is 58.3 Å². The van der Waals surface area contributed by atoms with Crippen molar-refractivity contribution in [2.24, 2.45) is 0 Å². The molecule has 2 amide bonds. The number of fused-ring (bicyclic) bond motifs is 1. The summed E-state index contributed by atoms with van der Waals surface area (Å²) in [6.45, 7) is 0.807. The van der Waals surface area contributed by atoms with Crippen molar-refractivity contribution in [1.82, 2.24) is 29.9 Å². The number of amides is 2. The van der Waals surface area contributed by atoms with E-state index >= 15 is 0 Å². The summed E-state index contributed by atoms with van der Waals surface area (Å²) in [7, 11) is 13.1. The number of aromatic amines is 1. The van der Waals surface area contributed by atoms with Gasteiger partial charge in [0.2, 0.25) is 0 Å². The Kier molecular flexibility index (Phi) is 4.12. The van der Waals surface area contributed by atoms with Crippen LogP contribution in [0.15, 0.2) is 24.7 Å². The van der Waals surface area contributed by atoms with Crippen LogP contribution >= 0.6 is 0 Å². The van der Waals surface area contributed by atoms with Crippen LogP contribution < -0.4 is 5.32 Å². The molecule has 2 saturated heterocycles. The summed E-state index contributed by atoms with van der Waals surface area (Å²) in [6, 6.07) is 1.60. The molecule has 12 heteroatoms. The average Bonchev–Trinajstić information content (AvgIpc) is 3.43. The van der Waals surface area contributed by atoms with Crippen molar-refractivity contribution in [3.63, 3.8) is 0 Å². The van der Waals surface area contributed by atoms with E-state index in [1.165, 1.54) is 0 Å². The average molecular weight is 467 g/mol. The maximum Gasteiger partial charge on any atom is 0.374 e. The molecule has 2 N–H and O–H groups in total. The molecule has 5 heterocycles. The highest BCUT2D eigenvalue weighted by Crippen LogP contribution is 2.76.